The number of amides is 1. The summed E-state index contributed by atoms with van der Waals surface area (Å²) in [5.41, 5.74) is 1.16. The summed E-state index contributed by atoms with van der Waals surface area (Å²) in [6, 6.07) is 7.84. The van der Waals surface area contributed by atoms with E-state index < -0.39 is 4.32 Å². The van der Waals surface area contributed by atoms with Crippen LogP contribution in [0.2, 0.25) is 0 Å². The van der Waals surface area contributed by atoms with Gasteiger partial charge in [-0.25, -0.2) is 0 Å². The monoisotopic (exact) mass is 299 g/mol. The number of ether oxygens (including phenoxy) is 1. The maximum atomic E-state index is 11.5. The fraction of sp³-hybridized carbons (Fsp3) is 0.462. The Kier molecular flexibility index (Phi) is 5.00. The van der Waals surface area contributed by atoms with Crippen molar-refractivity contribution in [2.24, 2.45) is 0 Å². The number of hydrogen-bond donors (Lipinski definition) is 1. The van der Waals surface area contributed by atoms with Crippen molar-refractivity contribution in [2.45, 2.75) is 25.1 Å². The number of benzene rings is 1. The highest BCUT2D eigenvalue weighted by molar-refractivity contribution is 9.10. The smallest absolute Gasteiger partial charge is 0.236 e. The van der Waals surface area contributed by atoms with Crippen LogP contribution in [0.15, 0.2) is 24.3 Å². The molecule has 1 rings (SSSR count). The number of carbonyl (C=O) groups is 1. The first kappa shape index (κ1) is 14.0. The molecule has 0 aliphatic carbocycles. The van der Waals surface area contributed by atoms with Gasteiger partial charge in [0.2, 0.25) is 5.91 Å². The van der Waals surface area contributed by atoms with Gasteiger partial charge in [-0.2, -0.15) is 0 Å². The van der Waals surface area contributed by atoms with Crippen LogP contribution >= 0.6 is 15.9 Å². The summed E-state index contributed by atoms with van der Waals surface area (Å²) in [6.07, 6.45) is 0. The van der Waals surface area contributed by atoms with Crippen molar-refractivity contribution in [1.29, 1.82) is 0 Å². The zero-order valence-corrected chi connectivity index (χ0v) is 12.0. The molecule has 4 heteroatoms. The molecule has 3 nitrogen and oxygen atoms in total. The van der Waals surface area contributed by atoms with Crippen LogP contribution in [-0.4, -0.2) is 23.4 Å². The molecule has 94 valence electrons. The fourth-order valence-corrected chi connectivity index (χ4v) is 1.39. The van der Waals surface area contributed by atoms with Crippen molar-refractivity contribution in [1.82, 2.24) is 5.32 Å². The minimum Gasteiger partial charge on any atom is -0.492 e. The molecule has 1 aromatic carbocycles. The summed E-state index contributed by atoms with van der Waals surface area (Å²) in [7, 11) is 0. The average molecular weight is 300 g/mol. The van der Waals surface area contributed by atoms with Gasteiger partial charge in [0.15, 0.2) is 0 Å². The highest BCUT2D eigenvalue weighted by Crippen LogP contribution is 2.15. The zero-order chi connectivity index (χ0) is 12.9. The molecule has 1 N–H and O–H groups in total. The van der Waals surface area contributed by atoms with E-state index in [1.807, 2.05) is 45.0 Å². The van der Waals surface area contributed by atoms with Crippen LogP contribution in [0, 0.1) is 6.92 Å². The van der Waals surface area contributed by atoms with Crippen LogP contribution in [0.3, 0.4) is 0 Å². The van der Waals surface area contributed by atoms with Crippen LogP contribution < -0.4 is 10.1 Å². The second-order valence-electron chi connectivity index (χ2n) is 4.39. The maximum Gasteiger partial charge on any atom is 0.236 e. The van der Waals surface area contributed by atoms with Gasteiger partial charge in [-0.05, 0) is 38.5 Å². The molecule has 1 amide bonds. The van der Waals surface area contributed by atoms with E-state index in [9.17, 15) is 4.79 Å². The number of alkyl halides is 1. The number of hydrogen-bond acceptors (Lipinski definition) is 2. The van der Waals surface area contributed by atoms with E-state index in [4.69, 9.17) is 4.74 Å². The van der Waals surface area contributed by atoms with Gasteiger partial charge >= 0.3 is 0 Å². The number of aryl methyl sites for hydroxylation is 1. The molecule has 0 unspecified atom stereocenters. The van der Waals surface area contributed by atoms with E-state index in [0.29, 0.717) is 13.2 Å². The molecule has 0 heterocycles. The minimum atomic E-state index is -0.531. The first-order valence-corrected chi connectivity index (χ1v) is 6.35. The summed E-state index contributed by atoms with van der Waals surface area (Å²) >= 11 is 3.30. The number of carbonyl (C=O) groups excluding carboxylic acids is 1. The van der Waals surface area contributed by atoms with Crippen molar-refractivity contribution >= 4 is 21.8 Å². The highest BCUT2D eigenvalue weighted by atomic mass is 79.9. The molecule has 17 heavy (non-hydrogen) atoms. The summed E-state index contributed by atoms with van der Waals surface area (Å²) in [5, 5.41) is 2.80. The Morgan fingerprint density at radius 1 is 1.47 bits per heavy atom. The lowest BCUT2D eigenvalue weighted by molar-refractivity contribution is -0.122. The van der Waals surface area contributed by atoms with E-state index in [1.165, 1.54) is 0 Å². The Morgan fingerprint density at radius 2 is 2.18 bits per heavy atom. The second-order valence-corrected chi connectivity index (χ2v) is 6.38. The minimum absolute atomic E-state index is 0.0367. The maximum absolute atomic E-state index is 11.5. The predicted molar refractivity (Wildman–Crippen MR) is 72.7 cm³/mol. The average Bonchev–Trinajstić information content (AvgIpc) is 2.23. The molecule has 0 bridgehead atoms. The summed E-state index contributed by atoms with van der Waals surface area (Å²) < 4.78 is 4.99. The van der Waals surface area contributed by atoms with Gasteiger partial charge in [0.1, 0.15) is 12.4 Å². The van der Waals surface area contributed by atoms with Gasteiger partial charge in [-0.1, -0.05) is 28.1 Å². The van der Waals surface area contributed by atoms with Crippen molar-refractivity contribution in [3.8, 4) is 5.75 Å². The molecule has 0 atom stereocenters. The van der Waals surface area contributed by atoms with Crippen molar-refractivity contribution in [2.75, 3.05) is 13.2 Å². The first-order chi connectivity index (χ1) is 7.89. The highest BCUT2D eigenvalue weighted by Gasteiger charge is 2.22. The standard InChI is InChI=1S/C13H18BrNO2/c1-10-5-4-6-11(9-10)17-8-7-15-12(16)13(2,3)14/h4-6,9H,7-8H2,1-3H3,(H,15,16). The van der Waals surface area contributed by atoms with Crippen LogP contribution in [-0.2, 0) is 4.79 Å². The first-order valence-electron chi connectivity index (χ1n) is 5.56. The van der Waals surface area contributed by atoms with Gasteiger partial charge < -0.3 is 10.1 Å². The summed E-state index contributed by atoms with van der Waals surface area (Å²) in [6.45, 7) is 6.61. The molecule has 0 aliphatic heterocycles. The van der Waals surface area contributed by atoms with Crippen molar-refractivity contribution in [3.63, 3.8) is 0 Å². The molecule has 0 aliphatic rings. The Balaban J connectivity index is 2.28. The number of nitrogens with one attached hydrogen (secondary N) is 1. The third-order valence-electron chi connectivity index (χ3n) is 2.19. The van der Waals surface area contributed by atoms with Crippen molar-refractivity contribution < 1.29 is 9.53 Å². The topological polar surface area (TPSA) is 38.3 Å². The molecule has 0 aromatic heterocycles. The van der Waals surface area contributed by atoms with Gasteiger partial charge in [0, 0.05) is 0 Å². The molecular weight excluding hydrogens is 282 g/mol. The van der Waals surface area contributed by atoms with E-state index in [-0.39, 0.29) is 5.91 Å². The van der Waals surface area contributed by atoms with Crippen LogP contribution in [0.25, 0.3) is 0 Å². The van der Waals surface area contributed by atoms with E-state index in [1.54, 1.807) is 0 Å². The van der Waals surface area contributed by atoms with Crippen LogP contribution in [0.4, 0.5) is 0 Å². The third kappa shape index (κ3) is 5.22. The van der Waals surface area contributed by atoms with Gasteiger partial charge in [0.25, 0.3) is 0 Å². The quantitative estimate of drug-likeness (QED) is 0.670. The Bertz CT molecular complexity index is 385. The van der Waals surface area contributed by atoms with Gasteiger partial charge in [-0.15, -0.1) is 0 Å². The lowest BCUT2D eigenvalue weighted by Gasteiger charge is -2.15. The van der Waals surface area contributed by atoms with Gasteiger partial charge in [-0.3, -0.25) is 4.79 Å². The molecular formula is C13H18BrNO2. The SMILES string of the molecule is Cc1cccc(OCCNC(=O)C(C)(C)Br)c1. The number of halogens is 1. The van der Waals surface area contributed by atoms with Crippen LogP contribution in [0.5, 0.6) is 5.75 Å². The summed E-state index contributed by atoms with van der Waals surface area (Å²) in [5.74, 6) is 0.794. The largest absolute Gasteiger partial charge is 0.492 e. The second kappa shape index (κ2) is 6.05. The van der Waals surface area contributed by atoms with Gasteiger partial charge in [0.05, 0.1) is 10.9 Å². The Morgan fingerprint density at radius 3 is 2.76 bits per heavy atom. The van der Waals surface area contributed by atoms with E-state index in [0.717, 1.165) is 11.3 Å². The molecule has 0 fully saturated rings. The zero-order valence-electron chi connectivity index (χ0n) is 10.4. The molecule has 0 saturated heterocycles. The third-order valence-corrected chi connectivity index (χ3v) is 2.55. The Hall–Kier alpha value is -1.03. The normalized spacial score (nSPS) is 11.1. The lowest BCUT2D eigenvalue weighted by Crippen LogP contribution is -2.39. The lowest BCUT2D eigenvalue weighted by atomic mass is 10.2. The molecule has 0 radical (unpaired) electrons. The fourth-order valence-electron chi connectivity index (χ4n) is 1.25. The van der Waals surface area contributed by atoms with Crippen molar-refractivity contribution in [3.05, 3.63) is 29.8 Å². The summed E-state index contributed by atoms with van der Waals surface area (Å²) in [4.78, 5) is 11.5. The molecule has 0 saturated carbocycles. The Labute approximate surface area is 111 Å². The molecule has 0 spiro atoms. The number of rotatable bonds is 5. The predicted octanol–water partition coefficient (Wildman–Crippen LogP) is 2.66. The van der Waals surface area contributed by atoms with Crippen LogP contribution in [0.1, 0.15) is 19.4 Å². The van der Waals surface area contributed by atoms with E-state index >= 15 is 0 Å². The molecule has 1 aromatic rings. The van der Waals surface area contributed by atoms with E-state index in [2.05, 4.69) is 21.2 Å².